The summed E-state index contributed by atoms with van der Waals surface area (Å²) in [5.41, 5.74) is 2.02. The molecule has 0 aromatic heterocycles. The van der Waals surface area contributed by atoms with E-state index in [1.165, 1.54) is 4.90 Å². The molecule has 2 rings (SSSR count). The van der Waals surface area contributed by atoms with Crippen LogP contribution in [0.1, 0.15) is 30.9 Å². The van der Waals surface area contributed by atoms with Gasteiger partial charge < -0.3 is 14.4 Å². The highest BCUT2D eigenvalue weighted by molar-refractivity contribution is 5.70. The van der Waals surface area contributed by atoms with Crippen LogP contribution in [0.4, 0.5) is 9.18 Å². The van der Waals surface area contributed by atoms with Gasteiger partial charge in [0.25, 0.3) is 0 Å². The predicted octanol–water partition coefficient (Wildman–Crippen LogP) is 3.24. The maximum Gasteiger partial charge on any atom is 0.410 e. The van der Waals surface area contributed by atoms with E-state index in [1.807, 2.05) is 31.2 Å². The van der Waals surface area contributed by atoms with Crippen LogP contribution in [0, 0.1) is 12.8 Å². The van der Waals surface area contributed by atoms with E-state index in [4.69, 9.17) is 9.47 Å². The number of hydrogen-bond donors (Lipinski definition) is 0. The molecule has 2 atom stereocenters. The third kappa shape index (κ3) is 5.22. The lowest BCUT2D eigenvalue weighted by molar-refractivity contribution is -0.145. The Kier molecular flexibility index (Phi) is 6.58. The normalized spacial score (nSPS) is 20.5. The van der Waals surface area contributed by atoms with Crippen molar-refractivity contribution < 1.29 is 23.5 Å². The average molecular weight is 337 g/mol. The van der Waals surface area contributed by atoms with Crippen LogP contribution in [0.3, 0.4) is 0 Å². The van der Waals surface area contributed by atoms with E-state index in [9.17, 15) is 14.0 Å². The molecule has 0 unspecified atom stereocenters. The topological polar surface area (TPSA) is 55.8 Å². The Hall–Kier alpha value is -2.11. The highest BCUT2D eigenvalue weighted by Gasteiger charge is 2.33. The monoisotopic (exact) mass is 337 g/mol. The lowest BCUT2D eigenvalue weighted by Crippen LogP contribution is -2.45. The standard InChI is InChI=1S/C18H24FNO4/c1-3-23-17(21)10-15-8-9-20(11-16(15)19)18(22)24-12-14-6-4-13(2)5-7-14/h4-7,15-16H,3,8-12H2,1-2H3/t15-,16+/m0/s1. The van der Waals surface area contributed by atoms with Crippen molar-refractivity contribution in [3.63, 3.8) is 0 Å². The van der Waals surface area contributed by atoms with E-state index < -0.39 is 18.2 Å². The van der Waals surface area contributed by atoms with Gasteiger partial charge in [0.2, 0.25) is 0 Å². The Bertz CT molecular complexity index is 561. The fourth-order valence-corrected chi connectivity index (χ4v) is 2.70. The van der Waals surface area contributed by atoms with Crippen LogP contribution in [-0.2, 0) is 20.9 Å². The van der Waals surface area contributed by atoms with Gasteiger partial charge in [-0.3, -0.25) is 4.79 Å². The molecule has 6 heteroatoms. The van der Waals surface area contributed by atoms with E-state index in [0.29, 0.717) is 19.6 Å². The van der Waals surface area contributed by atoms with Gasteiger partial charge in [0, 0.05) is 12.5 Å². The van der Waals surface area contributed by atoms with Gasteiger partial charge in [-0.25, -0.2) is 9.18 Å². The average Bonchev–Trinajstić information content (AvgIpc) is 2.56. The summed E-state index contributed by atoms with van der Waals surface area (Å²) >= 11 is 0. The number of carbonyl (C=O) groups excluding carboxylic acids is 2. The van der Waals surface area contributed by atoms with Crippen molar-refractivity contribution in [2.45, 2.75) is 39.5 Å². The first kappa shape index (κ1) is 18.2. The van der Waals surface area contributed by atoms with E-state index in [0.717, 1.165) is 11.1 Å². The zero-order chi connectivity index (χ0) is 17.5. The molecule has 24 heavy (non-hydrogen) atoms. The molecule has 1 aliphatic rings. The minimum atomic E-state index is -1.24. The minimum absolute atomic E-state index is 0.0448. The molecule has 0 N–H and O–H groups in total. The van der Waals surface area contributed by atoms with E-state index in [2.05, 4.69) is 0 Å². The second-order valence-electron chi connectivity index (χ2n) is 6.06. The van der Waals surface area contributed by atoms with Crippen molar-refractivity contribution in [3.8, 4) is 0 Å². The number of carbonyl (C=O) groups is 2. The molecule has 0 spiro atoms. The number of benzene rings is 1. The van der Waals surface area contributed by atoms with Gasteiger partial charge in [-0.15, -0.1) is 0 Å². The Morgan fingerprint density at radius 1 is 1.25 bits per heavy atom. The van der Waals surface area contributed by atoms with Crippen molar-refractivity contribution in [1.82, 2.24) is 4.90 Å². The van der Waals surface area contributed by atoms with Crippen LogP contribution in [-0.4, -0.2) is 42.8 Å². The fourth-order valence-electron chi connectivity index (χ4n) is 2.70. The molecule has 0 bridgehead atoms. The predicted molar refractivity (Wildman–Crippen MR) is 87.2 cm³/mol. The molecule has 1 saturated heterocycles. The van der Waals surface area contributed by atoms with Gasteiger partial charge in [0.15, 0.2) is 0 Å². The van der Waals surface area contributed by atoms with Crippen molar-refractivity contribution in [1.29, 1.82) is 0 Å². The summed E-state index contributed by atoms with van der Waals surface area (Å²) in [6, 6.07) is 7.68. The molecule has 0 aliphatic carbocycles. The van der Waals surface area contributed by atoms with Crippen molar-refractivity contribution in [3.05, 3.63) is 35.4 Å². The smallest absolute Gasteiger partial charge is 0.410 e. The first-order valence-electron chi connectivity index (χ1n) is 8.26. The van der Waals surface area contributed by atoms with Crippen molar-refractivity contribution in [2.24, 2.45) is 5.92 Å². The van der Waals surface area contributed by atoms with E-state index in [-0.39, 0.29) is 25.5 Å². The largest absolute Gasteiger partial charge is 0.466 e. The quantitative estimate of drug-likeness (QED) is 0.774. The van der Waals surface area contributed by atoms with Crippen LogP contribution in [0.15, 0.2) is 24.3 Å². The maximum atomic E-state index is 14.2. The molecule has 1 amide bonds. The molecule has 132 valence electrons. The molecular weight excluding hydrogens is 313 g/mol. The van der Waals surface area contributed by atoms with E-state index >= 15 is 0 Å². The summed E-state index contributed by atoms with van der Waals surface area (Å²) in [5, 5.41) is 0. The van der Waals surface area contributed by atoms with Gasteiger partial charge in [-0.05, 0) is 25.8 Å². The summed E-state index contributed by atoms with van der Waals surface area (Å²) < 4.78 is 24.3. The van der Waals surface area contributed by atoms with Gasteiger partial charge in [0.1, 0.15) is 12.8 Å². The van der Waals surface area contributed by atoms with Crippen LogP contribution in [0.25, 0.3) is 0 Å². The summed E-state index contributed by atoms with van der Waals surface area (Å²) in [4.78, 5) is 24.9. The minimum Gasteiger partial charge on any atom is -0.466 e. The number of likely N-dealkylation sites (tertiary alicyclic amines) is 1. The second kappa shape index (κ2) is 8.66. The van der Waals surface area contributed by atoms with Gasteiger partial charge >= 0.3 is 12.1 Å². The van der Waals surface area contributed by atoms with Crippen LogP contribution < -0.4 is 0 Å². The second-order valence-corrected chi connectivity index (χ2v) is 6.06. The number of amides is 1. The first-order chi connectivity index (χ1) is 11.5. The Labute approximate surface area is 141 Å². The van der Waals surface area contributed by atoms with Crippen molar-refractivity contribution >= 4 is 12.1 Å². The van der Waals surface area contributed by atoms with Gasteiger partial charge in [-0.1, -0.05) is 29.8 Å². The fraction of sp³-hybridized carbons (Fsp3) is 0.556. The molecule has 1 heterocycles. The highest BCUT2D eigenvalue weighted by Crippen LogP contribution is 2.24. The lowest BCUT2D eigenvalue weighted by Gasteiger charge is -2.33. The SMILES string of the molecule is CCOC(=O)C[C@@H]1CCN(C(=O)OCc2ccc(C)cc2)C[C@H]1F. The summed E-state index contributed by atoms with van der Waals surface area (Å²) in [6.45, 7) is 4.50. The lowest BCUT2D eigenvalue weighted by atomic mass is 9.92. The van der Waals surface area contributed by atoms with Crippen LogP contribution >= 0.6 is 0 Å². The summed E-state index contributed by atoms with van der Waals surface area (Å²) in [6.07, 6.45) is -1.27. The Morgan fingerprint density at radius 2 is 1.96 bits per heavy atom. The molecule has 1 aliphatic heterocycles. The third-order valence-corrected chi connectivity index (χ3v) is 4.15. The number of ether oxygens (including phenoxy) is 2. The number of halogens is 1. The maximum absolute atomic E-state index is 14.2. The number of esters is 1. The summed E-state index contributed by atoms with van der Waals surface area (Å²) in [5.74, 6) is -0.786. The first-order valence-corrected chi connectivity index (χ1v) is 8.26. The molecule has 5 nitrogen and oxygen atoms in total. The Balaban J connectivity index is 1.78. The highest BCUT2D eigenvalue weighted by atomic mass is 19.1. The van der Waals surface area contributed by atoms with Gasteiger partial charge in [-0.2, -0.15) is 0 Å². The third-order valence-electron chi connectivity index (χ3n) is 4.15. The van der Waals surface area contributed by atoms with Crippen molar-refractivity contribution in [2.75, 3.05) is 19.7 Å². The molecule has 1 fully saturated rings. The zero-order valence-electron chi connectivity index (χ0n) is 14.2. The molecule has 1 aromatic rings. The summed E-state index contributed by atoms with van der Waals surface area (Å²) in [7, 11) is 0. The van der Waals surface area contributed by atoms with Crippen LogP contribution in [0.5, 0.6) is 0 Å². The molecule has 0 radical (unpaired) electrons. The zero-order valence-corrected chi connectivity index (χ0v) is 14.2. The number of rotatable bonds is 5. The number of nitrogens with zero attached hydrogens (tertiary/aromatic N) is 1. The molecule has 0 saturated carbocycles. The number of hydrogen-bond acceptors (Lipinski definition) is 4. The Morgan fingerprint density at radius 3 is 2.58 bits per heavy atom. The number of piperidine rings is 1. The van der Waals surface area contributed by atoms with E-state index in [1.54, 1.807) is 6.92 Å². The van der Waals surface area contributed by atoms with Crippen LogP contribution in [0.2, 0.25) is 0 Å². The van der Waals surface area contributed by atoms with Gasteiger partial charge in [0.05, 0.1) is 19.6 Å². The number of aryl methyl sites for hydroxylation is 1. The molecular formula is C18H24FNO4. The number of alkyl halides is 1. The molecule has 1 aromatic carbocycles.